The molecule has 3 rings (SSSR count). The maximum absolute atomic E-state index is 12.1. The molecule has 0 saturated carbocycles. The number of rotatable bonds is 5. The second-order valence-corrected chi connectivity index (χ2v) is 5.50. The second kappa shape index (κ2) is 7.13. The summed E-state index contributed by atoms with van der Waals surface area (Å²) < 4.78 is 1.55. The molecule has 1 saturated heterocycles. The topological polar surface area (TPSA) is 84.7 Å². The Labute approximate surface area is 129 Å². The van der Waals surface area contributed by atoms with Gasteiger partial charge in [0.2, 0.25) is 0 Å². The molecule has 0 spiro atoms. The van der Waals surface area contributed by atoms with E-state index in [1.807, 2.05) is 0 Å². The van der Waals surface area contributed by atoms with E-state index in [9.17, 15) is 4.79 Å². The van der Waals surface area contributed by atoms with Crippen LogP contribution in [-0.2, 0) is 0 Å². The van der Waals surface area contributed by atoms with Crippen LogP contribution in [0.15, 0.2) is 31.0 Å². The molecule has 0 radical (unpaired) electrons. The lowest BCUT2D eigenvalue weighted by Gasteiger charge is -2.22. The van der Waals surface area contributed by atoms with Crippen LogP contribution in [0.3, 0.4) is 0 Å². The van der Waals surface area contributed by atoms with Crippen LogP contribution in [0, 0.1) is 5.92 Å². The van der Waals surface area contributed by atoms with E-state index < -0.39 is 0 Å². The molecule has 22 heavy (non-hydrogen) atoms. The van der Waals surface area contributed by atoms with Crippen LogP contribution >= 0.6 is 0 Å². The number of hydrogen-bond donors (Lipinski definition) is 2. The minimum absolute atomic E-state index is 0.0820. The first-order valence-electron chi connectivity index (χ1n) is 7.63. The van der Waals surface area contributed by atoms with Crippen LogP contribution in [0.4, 0.5) is 0 Å². The van der Waals surface area contributed by atoms with Gasteiger partial charge in [-0.25, -0.2) is 14.6 Å². The maximum Gasteiger partial charge on any atom is 0.252 e. The number of hydrogen-bond acceptors (Lipinski definition) is 5. The Hall–Kier alpha value is -2.28. The number of amides is 1. The molecule has 2 aromatic heterocycles. The van der Waals surface area contributed by atoms with Gasteiger partial charge >= 0.3 is 0 Å². The predicted molar refractivity (Wildman–Crippen MR) is 81.7 cm³/mol. The first-order valence-corrected chi connectivity index (χ1v) is 7.63. The van der Waals surface area contributed by atoms with Crippen LogP contribution in [-0.4, -0.2) is 45.3 Å². The zero-order chi connectivity index (χ0) is 15.2. The van der Waals surface area contributed by atoms with E-state index in [1.165, 1.54) is 19.2 Å². The van der Waals surface area contributed by atoms with Crippen molar-refractivity contribution in [2.75, 3.05) is 19.6 Å². The number of nitrogens with one attached hydrogen (secondary N) is 2. The Kier molecular flexibility index (Phi) is 4.75. The Bertz CT molecular complexity index is 589. The monoisotopic (exact) mass is 300 g/mol. The first kappa shape index (κ1) is 14.6. The highest BCUT2D eigenvalue weighted by atomic mass is 16.1. The number of piperidine rings is 1. The quantitative estimate of drug-likeness (QED) is 0.852. The average molecular weight is 300 g/mol. The lowest BCUT2D eigenvalue weighted by molar-refractivity contribution is 0.0950. The third-order valence-corrected chi connectivity index (χ3v) is 3.90. The van der Waals surface area contributed by atoms with Gasteiger partial charge in [0.15, 0.2) is 5.82 Å². The first-order chi connectivity index (χ1) is 10.8. The molecular formula is C15H20N6O. The van der Waals surface area contributed by atoms with Crippen LogP contribution < -0.4 is 10.6 Å². The van der Waals surface area contributed by atoms with Gasteiger partial charge in [0.1, 0.15) is 12.7 Å². The fraction of sp³-hybridized carbons (Fsp3) is 0.467. The molecule has 0 aromatic carbocycles. The molecule has 1 aliphatic rings. The highest BCUT2D eigenvalue weighted by Gasteiger charge is 2.13. The summed E-state index contributed by atoms with van der Waals surface area (Å²) in [6, 6.07) is 3.51. The molecular weight excluding hydrogens is 280 g/mol. The zero-order valence-electron chi connectivity index (χ0n) is 12.4. The van der Waals surface area contributed by atoms with E-state index in [4.69, 9.17) is 0 Å². The molecule has 7 heteroatoms. The molecule has 3 heterocycles. The molecule has 1 aliphatic heterocycles. The third kappa shape index (κ3) is 3.67. The largest absolute Gasteiger partial charge is 0.352 e. The van der Waals surface area contributed by atoms with Crippen LogP contribution in [0.5, 0.6) is 0 Å². The molecule has 2 N–H and O–H groups in total. The highest BCUT2D eigenvalue weighted by molar-refractivity contribution is 5.93. The van der Waals surface area contributed by atoms with Crippen molar-refractivity contribution in [1.82, 2.24) is 30.4 Å². The van der Waals surface area contributed by atoms with E-state index in [1.54, 1.807) is 29.3 Å². The van der Waals surface area contributed by atoms with Crippen LogP contribution in [0.2, 0.25) is 0 Å². The number of carbonyl (C=O) groups is 1. The average Bonchev–Trinajstić information content (AvgIpc) is 3.10. The fourth-order valence-electron chi connectivity index (χ4n) is 2.64. The lowest BCUT2D eigenvalue weighted by Crippen LogP contribution is -2.33. The van der Waals surface area contributed by atoms with Crippen LogP contribution in [0.1, 0.15) is 29.6 Å². The van der Waals surface area contributed by atoms with Crippen molar-refractivity contribution in [3.05, 3.63) is 36.5 Å². The van der Waals surface area contributed by atoms with Crippen molar-refractivity contribution in [3.63, 3.8) is 0 Å². The summed E-state index contributed by atoms with van der Waals surface area (Å²) in [6.45, 7) is 2.88. The molecule has 1 fully saturated rings. The molecule has 0 aliphatic carbocycles. The fourth-order valence-corrected chi connectivity index (χ4v) is 2.64. The van der Waals surface area contributed by atoms with Crippen molar-refractivity contribution in [3.8, 4) is 5.82 Å². The molecule has 0 bridgehead atoms. The van der Waals surface area contributed by atoms with E-state index in [0.717, 1.165) is 19.5 Å². The van der Waals surface area contributed by atoms with Crippen molar-refractivity contribution in [1.29, 1.82) is 0 Å². The van der Waals surface area contributed by atoms with Gasteiger partial charge in [0.05, 0.1) is 5.56 Å². The van der Waals surface area contributed by atoms with Gasteiger partial charge < -0.3 is 10.6 Å². The van der Waals surface area contributed by atoms with Gasteiger partial charge in [0.25, 0.3) is 5.91 Å². The molecule has 1 unspecified atom stereocenters. The van der Waals surface area contributed by atoms with E-state index >= 15 is 0 Å². The van der Waals surface area contributed by atoms with Crippen molar-refractivity contribution in [2.24, 2.45) is 5.92 Å². The Morgan fingerprint density at radius 1 is 1.45 bits per heavy atom. The van der Waals surface area contributed by atoms with E-state index in [0.29, 0.717) is 23.8 Å². The summed E-state index contributed by atoms with van der Waals surface area (Å²) >= 11 is 0. The van der Waals surface area contributed by atoms with Crippen molar-refractivity contribution < 1.29 is 4.79 Å². The lowest BCUT2D eigenvalue weighted by atomic mass is 9.96. The van der Waals surface area contributed by atoms with Gasteiger partial charge in [-0.3, -0.25) is 4.79 Å². The summed E-state index contributed by atoms with van der Waals surface area (Å²) in [5, 5.41) is 10.3. The highest BCUT2D eigenvalue weighted by Crippen LogP contribution is 2.13. The van der Waals surface area contributed by atoms with Gasteiger partial charge in [-0.2, -0.15) is 5.10 Å². The summed E-state index contributed by atoms with van der Waals surface area (Å²) in [5.74, 6) is 1.23. The summed E-state index contributed by atoms with van der Waals surface area (Å²) in [4.78, 5) is 20.2. The molecule has 7 nitrogen and oxygen atoms in total. The Morgan fingerprint density at radius 3 is 3.09 bits per heavy atom. The van der Waals surface area contributed by atoms with Crippen LogP contribution in [0.25, 0.3) is 5.82 Å². The normalized spacial score (nSPS) is 18.1. The molecule has 1 amide bonds. The second-order valence-electron chi connectivity index (χ2n) is 5.50. The predicted octanol–water partition coefficient (Wildman–Crippen LogP) is 0.782. The maximum atomic E-state index is 12.1. The summed E-state index contributed by atoms with van der Waals surface area (Å²) in [6.07, 6.45) is 8.07. The number of carbonyl (C=O) groups excluding carboxylic acids is 1. The summed E-state index contributed by atoms with van der Waals surface area (Å²) in [5.41, 5.74) is 0.561. The third-order valence-electron chi connectivity index (χ3n) is 3.90. The minimum atomic E-state index is -0.0820. The van der Waals surface area contributed by atoms with Gasteiger partial charge in [0, 0.05) is 12.7 Å². The molecule has 2 aromatic rings. The van der Waals surface area contributed by atoms with Gasteiger partial charge in [-0.1, -0.05) is 0 Å². The molecule has 116 valence electrons. The smallest absolute Gasteiger partial charge is 0.252 e. The SMILES string of the molecule is O=C(NCCC1CCCNC1)c1ccc(-n2cncn2)nc1. The van der Waals surface area contributed by atoms with Crippen molar-refractivity contribution in [2.45, 2.75) is 19.3 Å². The molecule has 1 atom stereocenters. The number of nitrogens with zero attached hydrogens (tertiary/aromatic N) is 4. The Morgan fingerprint density at radius 2 is 2.41 bits per heavy atom. The zero-order valence-corrected chi connectivity index (χ0v) is 12.4. The van der Waals surface area contributed by atoms with Crippen molar-refractivity contribution >= 4 is 5.91 Å². The van der Waals surface area contributed by atoms with E-state index in [-0.39, 0.29) is 5.91 Å². The van der Waals surface area contributed by atoms with Gasteiger partial charge in [-0.15, -0.1) is 0 Å². The van der Waals surface area contributed by atoms with Gasteiger partial charge in [-0.05, 0) is 50.4 Å². The van der Waals surface area contributed by atoms with E-state index in [2.05, 4.69) is 25.7 Å². The summed E-state index contributed by atoms with van der Waals surface area (Å²) in [7, 11) is 0. The Balaban J connectivity index is 1.49. The number of pyridine rings is 1. The standard InChI is InChI=1S/C15H20N6O/c22-15(18-7-5-12-2-1-6-16-8-12)13-3-4-14(19-9-13)21-11-17-10-20-21/h3-4,9-12,16H,1-2,5-8H2,(H,18,22). The number of aromatic nitrogens is 4. The minimum Gasteiger partial charge on any atom is -0.352 e.